The van der Waals surface area contributed by atoms with Crippen molar-refractivity contribution in [2.75, 3.05) is 5.32 Å². The number of nitrogens with one attached hydrogen (secondary N) is 1. The summed E-state index contributed by atoms with van der Waals surface area (Å²) in [5.41, 5.74) is 2.21. The first-order valence-electron chi connectivity index (χ1n) is 6.80. The Morgan fingerprint density at radius 3 is 2.41 bits per heavy atom. The summed E-state index contributed by atoms with van der Waals surface area (Å²) in [6.07, 6.45) is 0.330. The molecule has 2 aromatic carbocycles. The van der Waals surface area contributed by atoms with Gasteiger partial charge in [-0.05, 0) is 42.8 Å². The van der Waals surface area contributed by atoms with Gasteiger partial charge < -0.3 is 5.32 Å². The molecule has 3 nitrogen and oxygen atoms in total. The summed E-state index contributed by atoms with van der Waals surface area (Å²) in [6, 6.07) is 12.4. The van der Waals surface area contributed by atoms with Crippen LogP contribution in [0.25, 0.3) is 0 Å². The Labute approximate surface area is 142 Å². The lowest BCUT2D eigenvalue weighted by Crippen LogP contribution is -2.14. The standard InChI is InChI=1S/C17H15BrClNO2/c1-11-10-14(19)6-7-15(11)20-17(22)9-8-16(21)12-2-4-13(18)5-3-12/h2-7,10H,8-9H2,1H3,(H,20,22). The van der Waals surface area contributed by atoms with Crippen LogP contribution in [0, 0.1) is 6.92 Å². The molecule has 22 heavy (non-hydrogen) atoms. The lowest BCUT2D eigenvalue weighted by molar-refractivity contribution is -0.116. The molecule has 114 valence electrons. The van der Waals surface area contributed by atoms with Gasteiger partial charge in [0.15, 0.2) is 5.78 Å². The van der Waals surface area contributed by atoms with Gasteiger partial charge in [0.25, 0.3) is 0 Å². The SMILES string of the molecule is Cc1cc(Cl)ccc1NC(=O)CCC(=O)c1ccc(Br)cc1. The van der Waals surface area contributed by atoms with Gasteiger partial charge >= 0.3 is 0 Å². The Bertz CT molecular complexity index is 698. The Hall–Kier alpha value is -1.65. The Kier molecular flexibility index (Phi) is 5.75. The summed E-state index contributed by atoms with van der Waals surface area (Å²) in [6.45, 7) is 1.87. The smallest absolute Gasteiger partial charge is 0.224 e. The number of rotatable bonds is 5. The first kappa shape index (κ1) is 16.7. The lowest BCUT2D eigenvalue weighted by Gasteiger charge is -2.08. The lowest BCUT2D eigenvalue weighted by atomic mass is 10.1. The van der Waals surface area contributed by atoms with Gasteiger partial charge in [0.1, 0.15) is 0 Å². The predicted octanol–water partition coefficient (Wildman–Crippen LogP) is 5.01. The molecule has 1 N–H and O–H groups in total. The first-order valence-corrected chi connectivity index (χ1v) is 7.97. The number of Topliss-reactive ketones (excluding diaryl/α,β-unsaturated/α-hetero) is 1. The largest absolute Gasteiger partial charge is 0.326 e. The first-order chi connectivity index (χ1) is 10.5. The number of benzene rings is 2. The van der Waals surface area contributed by atoms with Gasteiger partial charge in [0, 0.05) is 33.6 Å². The molecule has 0 heterocycles. The number of hydrogen-bond acceptors (Lipinski definition) is 2. The molecular weight excluding hydrogens is 366 g/mol. The average molecular weight is 381 g/mol. The van der Waals surface area contributed by atoms with E-state index in [9.17, 15) is 9.59 Å². The highest BCUT2D eigenvalue weighted by molar-refractivity contribution is 9.10. The van der Waals surface area contributed by atoms with Gasteiger partial charge in [0.05, 0.1) is 0 Å². The second-order valence-electron chi connectivity index (χ2n) is 4.94. The normalized spacial score (nSPS) is 10.3. The minimum absolute atomic E-state index is 0.0459. The number of amides is 1. The maximum atomic E-state index is 12.0. The molecule has 0 aromatic heterocycles. The van der Waals surface area contributed by atoms with Crippen molar-refractivity contribution >= 4 is 44.9 Å². The number of ketones is 1. The van der Waals surface area contributed by atoms with Crippen LogP contribution in [0.1, 0.15) is 28.8 Å². The second kappa shape index (κ2) is 7.56. The van der Waals surface area contributed by atoms with E-state index in [4.69, 9.17) is 11.6 Å². The number of carbonyl (C=O) groups is 2. The fourth-order valence-corrected chi connectivity index (χ4v) is 2.48. The van der Waals surface area contributed by atoms with E-state index in [-0.39, 0.29) is 24.5 Å². The predicted molar refractivity (Wildman–Crippen MR) is 92.5 cm³/mol. The highest BCUT2D eigenvalue weighted by Crippen LogP contribution is 2.20. The summed E-state index contributed by atoms with van der Waals surface area (Å²) >= 11 is 9.20. The van der Waals surface area contributed by atoms with Crippen molar-refractivity contribution < 1.29 is 9.59 Å². The molecule has 2 aromatic rings. The van der Waals surface area contributed by atoms with Crippen molar-refractivity contribution in [3.63, 3.8) is 0 Å². The zero-order valence-corrected chi connectivity index (χ0v) is 14.4. The molecule has 0 aliphatic rings. The topological polar surface area (TPSA) is 46.2 Å². The van der Waals surface area contributed by atoms with E-state index >= 15 is 0 Å². The summed E-state index contributed by atoms with van der Waals surface area (Å²) in [7, 11) is 0. The molecule has 0 atom stereocenters. The van der Waals surface area contributed by atoms with Crippen LogP contribution in [0.2, 0.25) is 5.02 Å². The molecule has 0 saturated heterocycles. The zero-order valence-electron chi connectivity index (χ0n) is 12.0. The van der Waals surface area contributed by atoms with Gasteiger partial charge in [-0.3, -0.25) is 9.59 Å². The molecule has 5 heteroatoms. The molecule has 0 saturated carbocycles. The summed E-state index contributed by atoms with van der Waals surface area (Å²) in [5, 5.41) is 3.42. The average Bonchev–Trinajstić information content (AvgIpc) is 2.48. The highest BCUT2D eigenvalue weighted by Gasteiger charge is 2.10. The second-order valence-corrected chi connectivity index (χ2v) is 6.29. The molecule has 0 aliphatic heterocycles. The summed E-state index contributed by atoms with van der Waals surface area (Å²) in [4.78, 5) is 23.9. The van der Waals surface area contributed by atoms with E-state index in [1.807, 2.05) is 19.1 Å². The van der Waals surface area contributed by atoms with Crippen molar-refractivity contribution in [1.82, 2.24) is 0 Å². The minimum Gasteiger partial charge on any atom is -0.326 e. The molecule has 0 radical (unpaired) electrons. The number of anilines is 1. The monoisotopic (exact) mass is 379 g/mol. The Morgan fingerprint density at radius 1 is 1.09 bits per heavy atom. The number of aryl methyl sites for hydroxylation is 1. The molecule has 2 rings (SSSR count). The van der Waals surface area contributed by atoms with Crippen LogP contribution in [-0.2, 0) is 4.79 Å². The third-order valence-electron chi connectivity index (χ3n) is 3.21. The minimum atomic E-state index is -0.184. The van der Waals surface area contributed by atoms with Crippen LogP contribution >= 0.6 is 27.5 Å². The third kappa shape index (κ3) is 4.68. The van der Waals surface area contributed by atoms with Gasteiger partial charge in [-0.2, -0.15) is 0 Å². The van der Waals surface area contributed by atoms with Crippen LogP contribution in [0.15, 0.2) is 46.9 Å². The molecular formula is C17H15BrClNO2. The van der Waals surface area contributed by atoms with E-state index in [1.165, 1.54) is 0 Å². The van der Waals surface area contributed by atoms with Crippen molar-refractivity contribution in [3.05, 3.63) is 63.1 Å². The van der Waals surface area contributed by atoms with Gasteiger partial charge in [0.2, 0.25) is 5.91 Å². The molecule has 0 spiro atoms. The third-order valence-corrected chi connectivity index (χ3v) is 3.97. The fraction of sp³-hybridized carbons (Fsp3) is 0.176. The number of hydrogen-bond donors (Lipinski definition) is 1. The number of carbonyl (C=O) groups excluding carboxylic acids is 2. The number of halogens is 2. The Balaban J connectivity index is 1.89. The maximum absolute atomic E-state index is 12.0. The van der Waals surface area contributed by atoms with E-state index < -0.39 is 0 Å². The van der Waals surface area contributed by atoms with Gasteiger partial charge in [-0.1, -0.05) is 39.7 Å². The van der Waals surface area contributed by atoms with Crippen LogP contribution in [0.4, 0.5) is 5.69 Å². The zero-order chi connectivity index (χ0) is 16.1. The van der Waals surface area contributed by atoms with Crippen LogP contribution in [0.5, 0.6) is 0 Å². The van der Waals surface area contributed by atoms with Crippen LogP contribution in [-0.4, -0.2) is 11.7 Å². The van der Waals surface area contributed by atoms with Crippen LogP contribution in [0.3, 0.4) is 0 Å². The van der Waals surface area contributed by atoms with E-state index in [2.05, 4.69) is 21.2 Å². The molecule has 0 fully saturated rings. The van der Waals surface area contributed by atoms with Gasteiger partial charge in [-0.15, -0.1) is 0 Å². The van der Waals surface area contributed by atoms with Crippen LogP contribution < -0.4 is 5.32 Å². The van der Waals surface area contributed by atoms with Gasteiger partial charge in [-0.25, -0.2) is 0 Å². The van der Waals surface area contributed by atoms with Crippen molar-refractivity contribution in [3.8, 4) is 0 Å². The maximum Gasteiger partial charge on any atom is 0.224 e. The van der Waals surface area contributed by atoms with Crippen molar-refractivity contribution in [2.24, 2.45) is 0 Å². The van der Waals surface area contributed by atoms with E-state index in [0.717, 1.165) is 10.0 Å². The molecule has 0 bridgehead atoms. The van der Waals surface area contributed by atoms with E-state index in [0.29, 0.717) is 16.3 Å². The molecule has 0 unspecified atom stereocenters. The fourth-order valence-electron chi connectivity index (χ4n) is 1.99. The highest BCUT2D eigenvalue weighted by atomic mass is 79.9. The van der Waals surface area contributed by atoms with Crippen molar-refractivity contribution in [1.29, 1.82) is 0 Å². The van der Waals surface area contributed by atoms with E-state index in [1.54, 1.807) is 30.3 Å². The summed E-state index contributed by atoms with van der Waals surface area (Å²) in [5.74, 6) is -0.230. The Morgan fingerprint density at radius 2 is 1.77 bits per heavy atom. The quantitative estimate of drug-likeness (QED) is 0.741. The summed E-state index contributed by atoms with van der Waals surface area (Å²) < 4.78 is 0.917. The van der Waals surface area contributed by atoms with Crippen molar-refractivity contribution in [2.45, 2.75) is 19.8 Å². The molecule has 0 aliphatic carbocycles. The molecule has 1 amide bonds.